The first-order chi connectivity index (χ1) is 21.7. The van der Waals surface area contributed by atoms with E-state index in [1.165, 1.54) is 39.4 Å². The van der Waals surface area contributed by atoms with Crippen LogP contribution in [-0.4, -0.2) is 60.9 Å². The number of hydrogen-bond donors (Lipinski definition) is 1. The average Bonchev–Trinajstić information content (AvgIpc) is 3.03. The largest absolute Gasteiger partial charge is 0.497 e. The van der Waals surface area contributed by atoms with Gasteiger partial charge in [0.2, 0.25) is 5.91 Å². The topological polar surface area (TPSA) is 112 Å². The van der Waals surface area contributed by atoms with Crippen molar-refractivity contribution in [2.45, 2.75) is 31.6 Å². The van der Waals surface area contributed by atoms with Crippen LogP contribution in [0, 0.1) is 19.7 Å². The predicted molar refractivity (Wildman–Crippen MR) is 170 cm³/mol. The van der Waals surface area contributed by atoms with Gasteiger partial charge >= 0.3 is 0 Å². The molecule has 10 nitrogen and oxygen atoms in total. The molecule has 236 valence electrons. The molecule has 0 aliphatic carbocycles. The van der Waals surface area contributed by atoms with Crippen molar-refractivity contribution in [3.63, 3.8) is 0 Å². The van der Waals surface area contributed by atoms with Crippen molar-refractivity contribution in [3.8, 4) is 23.0 Å². The Morgan fingerprint density at radius 2 is 1.53 bits per heavy atom. The third kappa shape index (κ3) is 8.21. The van der Waals surface area contributed by atoms with E-state index in [9.17, 15) is 9.59 Å². The molecular formula is C33H35FN4O6S. The molecule has 1 unspecified atom stereocenters. The van der Waals surface area contributed by atoms with Crippen molar-refractivity contribution in [1.29, 1.82) is 0 Å². The fourth-order valence-corrected chi connectivity index (χ4v) is 5.54. The van der Waals surface area contributed by atoms with Crippen LogP contribution in [0.4, 0.5) is 10.1 Å². The fraction of sp³-hybridized carbons (Fsp3) is 0.273. The molecule has 0 saturated heterocycles. The van der Waals surface area contributed by atoms with E-state index in [-0.39, 0.29) is 17.9 Å². The Balaban J connectivity index is 1.80. The number of methoxy groups -OCH3 is 4. The fourth-order valence-electron chi connectivity index (χ4n) is 4.70. The lowest BCUT2D eigenvalue weighted by atomic mass is 10.0. The Hall–Kier alpha value is -4.84. The van der Waals surface area contributed by atoms with Crippen LogP contribution >= 0.6 is 11.8 Å². The highest BCUT2D eigenvalue weighted by atomic mass is 32.2. The van der Waals surface area contributed by atoms with Gasteiger partial charge in [0.1, 0.15) is 23.4 Å². The number of aryl methyl sites for hydroxylation is 2. The van der Waals surface area contributed by atoms with Crippen LogP contribution in [0.1, 0.15) is 28.6 Å². The first-order valence-electron chi connectivity index (χ1n) is 13.9. The third-order valence-electron chi connectivity index (χ3n) is 6.86. The van der Waals surface area contributed by atoms with Crippen molar-refractivity contribution < 1.29 is 32.9 Å². The number of rotatable bonds is 13. The van der Waals surface area contributed by atoms with E-state index in [1.54, 1.807) is 54.6 Å². The zero-order chi connectivity index (χ0) is 32.5. The lowest BCUT2D eigenvalue weighted by Gasteiger charge is -2.32. The molecule has 3 aromatic carbocycles. The summed E-state index contributed by atoms with van der Waals surface area (Å²) in [6, 6.07) is 16.6. The van der Waals surface area contributed by atoms with Crippen LogP contribution in [0.2, 0.25) is 0 Å². The van der Waals surface area contributed by atoms with Gasteiger partial charge in [-0.2, -0.15) is 0 Å². The van der Waals surface area contributed by atoms with Gasteiger partial charge in [0.05, 0.1) is 39.9 Å². The molecule has 4 aromatic rings. The number of halogens is 1. The molecule has 0 aliphatic rings. The summed E-state index contributed by atoms with van der Waals surface area (Å²) in [5, 5.41) is 3.31. The SMILES string of the molecule is COc1ccc(NC(=O)C(c2ccc(OC)c(OC)c2)N(Cc2ccccc2F)C(=O)CSc2nc(C)cc(C)n2)c(OC)c1. The number of aromatic nitrogens is 2. The Morgan fingerprint density at radius 1 is 0.844 bits per heavy atom. The van der Waals surface area contributed by atoms with Crippen molar-refractivity contribution in [1.82, 2.24) is 14.9 Å². The van der Waals surface area contributed by atoms with E-state index in [1.807, 2.05) is 19.9 Å². The molecule has 2 amide bonds. The highest BCUT2D eigenvalue weighted by molar-refractivity contribution is 7.99. The standard InChI is InChI=1S/C33H35FN4O6S/c1-20-15-21(2)36-33(35-20)45-19-30(39)38(18-23-9-7-8-10-25(23)34)31(22-11-14-27(42-4)29(16-22)44-6)32(40)37-26-13-12-24(41-3)17-28(26)43-5/h7-17,31H,18-19H2,1-6H3,(H,37,40). The molecule has 0 saturated carbocycles. The second kappa shape index (κ2) is 15.2. The molecule has 45 heavy (non-hydrogen) atoms. The van der Waals surface area contributed by atoms with Crippen LogP contribution in [0.5, 0.6) is 23.0 Å². The Bertz CT molecular complexity index is 1650. The Kier molecular flexibility index (Phi) is 11.2. The van der Waals surface area contributed by atoms with Gasteiger partial charge in [-0.15, -0.1) is 0 Å². The average molecular weight is 635 g/mol. The summed E-state index contributed by atoms with van der Waals surface area (Å²) in [4.78, 5) is 38.6. The number of nitrogens with one attached hydrogen (secondary N) is 1. The van der Waals surface area contributed by atoms with Gasteiger partial charge in [0, 0.05) is 29.6 Å². The lowest BCUT2D eigenvalue weighted by molar-refractivity contribution is -0.137. The van der Waals surface area contributed by atoms with E-state index in [2.05, 4.69) is 15.3 Å². The molecule has 1 aromatic heterocycles. The summed E-state index contributed by atoms with van der Waals surface area (Å²) >= 11 is 1.13. The third-order valence-corrected chi connectivity index (χ3v) is 7.69. The first-order valence-corrected chi connectivity index (χ1v) is 14.9. The minimum atomic E-state index is -1.23. The zero-order valence-electron chi connectivity index (χ0n) is 25.9. The highest BCUT2D eigenvalue weighted by Gasteiger charge is 2.33. The molecule has 0 aliphatic heterocycles. The molecule has 0 radical (unpaired) electrons. The van der Waals surface area contributed by atoms with Crippen molar-refractivity contribution in [3.05, 3.63) is 95.1 Å². The van der Waals surface area contributed by atoms with Crippen molar-refractivity contribution in [2.75, 3.05) is 39.5 Å². The maximum absolute atomic E-state index is 15.0. The molecule has 4 rings (SSSR count). The van der Waals surface area contributed by atoms with Gasteiger partial charge in [-0.3, -0.25) is 9.59 Å². The van der Waals surface area contributed by atoms with E-state index in [4.69, 9.17) is 18.9 Å². The van der Waals surface area contributed by atoms with E-state index < -0.39 is 23.7 Å². The van der Waals surface area contributed by atoms with Crippen LogP contribution < -0.4 is 24.3 Å². The Morgan fingerprint density at radius 3 is 2.18 bits per heavy atom. The number of carbonyl (C=O) groups is 2. The highest BCUT2D eigenvalue weighted by Crippen LogP contribution is 2.36. The molecule has 12 heteroatoms. The van der Waals surface area contributed by atoms with Gasteiger partial charge in [0.25, 0.3) is 5.91 Å². The number of amides is 2. The summed E-state index contributed by atoms with van der Waals surface area (Å²) in [5.74, 6) is 0.0410. The molecule has 0 fully saturated rings. The number of nitrogens with zero attached hydrogens (tertiary/aromatic N) is 3. The molecular weight excluding hydrogens is 599 g/mol. The van der Waals surface area contributed by atoms with E-state index in [0.29, 0.717) is 39.4 Å². The number of hydrogen-bond acceptors (Lipinski definition) is 9. The number of benzene rings is 3. The summed E-state index contributed by atoms with van der Waals surface area (Å²) < 4.78 is 36.7. The number of anilines is 1. The molecule has 1 atom stereocenters. The van der Waals surface area contributed by atoms with Crippen LogP contribution in [0.3, 0.4) is 0 Å². The van der Waals surface area contributed by atoms with E-state index >= 15 is 4.39 Å². The number of thioether (sulfide) groups is 1. The molecule has 1 heterocycles. The first kappa shape index (κ1) is 33.1. The van der Waals surface area contributed by atoms with Gasteiger partial charge in [0.15, 0.2) is 16.7 Å². The number of carbonyl (C=O) groups excluding carboxylic acids is 2. The van der Waals surface area contributed by atoms with Gasteiger partial charge in [-0.25, -0.2) is 14.4 Å². The van der Waals surface area contributed by atoms with Crippen molar-refractivity contribution >= 4 is 29.3 Å². The summed E-state index contributed by atoms with van der Waals surface area (Å²) in [6.07, 6.45) is 0. The van der Waals surface area contributed by atoms with Crippen LogP contribution in [0.25, 0.3) is 0 Å². The predicted octanol–water partition coefficient (Wildman–Crippen LogP) is 5.77. The summed E-state index contributed by atoms with van der Waals surface area (Å²) in [6.45, 7) is 3.48. The smallest absolute Gasteiger partial charge is 0.251 e. The van der Waals surface area contributed by atoms with Crippen LogP contribution in [0.15, 0.2) is 71.9 Å². The quantitative estimate of drug-likeness (QED) is 0.145. The Labute approximate surface area is 265 Å². The maximum atomic E-state index is 15.0. The van der Waals surface area contributed by atoms with Gasteiger partial charge in [-0.05, 0) is 55.8 Å². The van der Waals surface area contributed by atoms with Gasteiger partial charge < -0.3 is 29.2 Å². The van der Waals surface area contributed by atoms with Crippen molar-refractivity contribution in [2.24, 2.45) is 0 Å². The summed E-state index contributed by atoms with van der Waals surface area (Å²) in [5.41, 5.74) is 2.52. The lowest BCUT2D eigenvalue weighted by Crippen LogP contribution is -2.42. The van der Waals surface area contributed by atoms with E-state index in [0.717, 1.165) is 23.1 Å². The van der Waals surface area contributed by atoms with Gasteiger partial charge in [-0.1, -0.05) is 36.0 Å². The molecule has 1 N–H and O–H groups in total. The molecule has 0 bridgehead atoms. The minimum absolute atomic E-state index is 0.111. The zero-order valence-corrected chi connectivity index (χ0v) is 26.7. The summed E-state index contributed by atoms with van der Waals surface area (Å²) in [7, 11) is 5.96. The second-order valence-corrected chi connectivity index (χ2v) is 10.8. The normalized spacial score (nSPS) is 11.4. The molecule has 0 spiro atoms. The van der Waals surface area contributed by atoms with Crippen LogP contribution in [-0.2, 0) is 16.1 Å². The number of ether oxygens (including phenoxy) is 4. The maximum Gasteiger partial charge on any atom is 0.251 e. The monoisotopic (exact) mass is 634 g/mol. The minimum Gasteiger partial charge on any atom is -0.497 e. The second-order valence-electron chi connectivity index (χ2n) is 9.91.